The van der Waals surface area contributed by atoms with Gasteiger partial charge >= 0.3 is 0 Å². The van der Waals surface area contributed by atoms with Gasteiger partial charge in [0.15, 0.2) is 0 Å². The molecule has 1 N–H and O–H groups in total. The number of methoxy groups -OCH3 is 1. The van der Waals surface area contributed by atoms with Gasteiger partial charge in [-0.1, -0.05) is 6.07 Å². The lowest BCUT2D eigenvalue weighted by Crippen LogP contribution is -2.09. The zero-order valence-corrected chi connectivity index (χ0v) is 16.7. The number of pyridine rings is 1. The minimum absolute atomic E-state index is 0.172. The third-order valence-corrected chi connectivity index (χ3v) is 4.76. The Morgan fingerprint density at radius 2 is 1.75 bits per heavy atom. The van der Waals surface area contributed by atoms with Crippen LogP contribution in [0.4, 0.5) is 0 Å². The maximum atomic E-state index is 12.7. The maximum absolute atomic E-state index is 12.7. The molecule has 146 valence electrons. The Morgan fingerprint density at radius 1 is 1.04 bits per heavy atom. The quantitative estimate of drug-likeness (QED) is 0.485. The zero-order valence-electron chi connectivity index (χ0n) is 16.7. The van der Waals surface area contributed by atoms with E-state index in [9.17, 15) is 9.59 Å². The number of aromatic amines is 1. The molecule has 28 heavy (non-hydrogen) atoms. The average molecular weight is 379 g/mol. The van der Waals surface area contributed by atoms with Crippen LogP contribution >= 0.6 is 0 Å². The molecule has 1 aromatic heterocycles. The molecule has 0 bridgehead atoms. The summed E-state index contributed by atoms with van der Waals surface area (Å²) in [6.07, 6.45) is 2.10. The first-order valence-corrected chi connectivity index (χ1v) is 9.34. The fourth-order valence-corrected chi connectivity index (χ4v) is 3.50. The third kappa shape index (κ3) is 3.93. The van der Waals surface area contributed by atoms with Crippen LogP contribution in [0.1, 0.15) is 29.5 Å². The molecule has 0 amide bonds. The highest BCUT2D eigenvalue weighted by molar-refractivity contribution is 5.90. The number of nitrogens with one attached hydrogen (secondary N) is 1. The molecule has 0 aliphatic carbocycles. The van der Waals surface area contributed by atoms with Gasteiger partial charge in [0.25, 0.3) is 5.56 Å². The van der Waals surface area contributed by atoms with E-state index in [1.807, 2.05) is 51.1 Å². The number of benzene rings is 2. The molecule has 1 heterocycles. The van der Waals surface area contributed by atoms with Crippen molar-refractivity contribution in [2.45, 2.75) is 33.6 Å². The third-order valence-electron chi connectivity index (χ3n) is 4.76. The van der Waals surface area contributed by atoms with Crippen LogP contribution < -0.4 is 15.0 Å². The van der Waals surface area contributed by atoms with Crippen LogP contribution in [0.5, 0.6) is 11.5 Å². The van der Waals surface area contributed by atoms with Crippen molar-refractivity contribution in [2.24, 2.45) is 0 Å². The Kier molecular flexibility index (Phi) is 5.83. The first-order chi connectivity index (χ1) is 13.4. The van der Waals surface area contributed by atoms with Crippen molar-refractivity contribution in [3.8, 4) is 22.8 Å². The Morgan fingerprint density at radius 3 is 2.39 bits per heavy atom. The Bertz CT molecular complexity index is 1060. The standard InChI is InChI=1S/C23H25NO4/c1-14-9-18-13-19(24-23(26)21(18)20(10-14)27-4)17-11-15(2)22(16(3)12-17)28-8-6-5-7-25/h7,9-13H,5-6,8H2,1-4H3,(H,24,26). The lowest BCUT2D eigenvalue weighted by molar-refractivity contribution is -0.108. The lowest BCUT2D eigenvalue weighted by Gasteiger charge is -2.14. The first kappa shape index (κ1) is 19.7. The van der Waals surface area contributed by atoms with Gasteiger partial charge in [-0.3, -0.25) is 4.79 Å². The van der Waals surface area contributed by atoms with Gasteiger partial charge in [0.2, 0.25) is 0 Å². The molecule has 0 radical (unpaired) electrons. The molecule has 0 unspecified atom stereocenters. The summed E-state index contributed by atoms with van der Waals surface area (Å²) < 4.78 is 11.2. The number of fused-ring (bicyclic) bond motifs is 1. The fraction of sp³-hybridized carbons (Fsp3) is 0.304. The topological polar surface area (TPSA) is 68.4 Å². The van der Waals surface area contributed by atoms with E-state index in [-0.39, 0.29) is 5.56 Å². The maximum Gasteiger partial charge on any atom is 0.260 e. The van der Waals surface area contributed by atoms with Crippen LogP contribution in [0, 0.1) is 20.8 Å². The van der Waals surface area contributed by atoms with Gasteiger partial charge in [0.1, 0.15) is 17.8 Å². The SMILES string of the molecule is COc1cc(C)cc2cc(-c3cc(C)c(OCCCC=O)c(C)c3)[nH]c(=O)c12. The zero-order chi connectivity index (χ0) is 20.3. The predicted octanol–water partition coefficient (Wildman–Crippen LogP) is 4.49. The van der Waals surface area contributed by atoms with Crippen LogP contribution in [-0.4, -0.2) is 25.0 Å². The Hall–Kier alpha value is -3.08. The highest BCUT2D eigenvalue weighted by atomic mass is 16.5. The highest BCUT2D eigenvalue weighted by Crippen LogP contribution is 2.31. The molecule has 0 aliphatic rings. The fourth-order valence-electron chi connectivity index (χ4n) is 3.50. The van der Waals surface area contributed by atoms with Crippen molar-refractivity contribution < 1.29 is 14.3 Å². The van der Waals surface area contributed by atoms with Crippen molar-refractivity contribution in [3.63, 3.8) is 0 Å². The number of hydrogen-bond donors (Lipinski definition) is 1. The summed E-state index contributed by atoms with van der Waals surface area (Å²) in [7, 11) is 1.57. The lowest BCUT2D eigenvalue weighted by atomic mass is 10.0. The monoisotopic (exact) mass is 379 g/mol. The number of ether oxygens (including phenoxy) is 2. The largest absolute Gasteiger partial charge is 0.496 e. The molecule has 0 aliphatic heterocycles. The van der Waals surface area contributed by atoms with E-state index in [1.165, 1.54) is 0 Å². The van der Waals surface area contributed by atoms with E-state index < -0.39 is 0 Å². The molecule has 0 saturated carbocycles. The second kappa shape index (κ2) is 8.30. The number of H-pyrrole nitrogens is 1. The number of hydrogen-bond acceptors (Lipinski definition) is 4. The average Bonchev–Trinajstić information content (AvgIpc) is 2.65. The summed E-state index contributed by atoms with van der Waals surface area (Å²) in [4.78, 5) is 26.1. The second-order valence-electron chi connectivity index (χ2n) is 7.04. The van der Waals surface area contributed by atoms with Crippen molar-refractivity contribution >= 4 is 17.1 Å². The smallest absolute Gasteiger partial charge is 0.260 e. The highest BCUT2D eigenvalue weighted by Gasteiger charge is 2.12. The molecule has 5 nitrogen and oxygen atoms in total. The number of aryl methyl sites for hydroxylation is 3. The van der Waals surface area contributed by atoms with E-state index in [0.717, 1.165) is 45.4 Å². The number of carbonyl (C=O) groups is 1. The number of aromatic nitrogens is 1. The molecule has 0 spiro atoms. The predicted molar refractivity (Wildman–Crippen MR) is 112 cm³/mol. The molecule has 0 fully saturated rings. The van der Waals surface area contributed by atoms with E-state index in [0.29, 0.717) is 30.6 Å². The minimum atomic E-state index is -0.172. The van der Waals surface area contributed by atoms with E-state index >= 15 is 0 Å². The summed E-state index contributed by atoms with van der Waals surface area (Å²) in [5, 5.41) is 1.40. The van der Waals surface area contributed by atoms with Crippen molar-refractivity contribution in [2.75, 3.05) is 13.7 Å². The summed E-state index contributed by atoms with van der Waals surface area (Å²) in [6.45, 7) is 6.45. The Labute approximate surface area is 164 Å². The summed E-state index contributed by atoms with van der Waals surface area (Å²) in [5.41, 5.74) is 4.52. The molecule has 0 atom stereocenters. The summed E-state index contributed by atoms with van der Waals surface area (Å²) in [5.74, 6) is 1.41. The number of rotatable bonds is 7. The van der Waals surface area contributed by atoms with Gasteiger partial charge in [-0.05, 0) is 79.1 Å². The summed E-state index contributed by atoms with van der Waals surface area (Å²) in [6, 6.07) is 9.84. The number of aldehydes is 1. The molecule has 3 rings (SSSR count). The van der Waals surface area contributed by atoms with Gasteiger partial charge in [0.05, 0.1) is 19.1 Å². The van der Waals surface area contributed by atoms with Gasteiger partial charge < -0.3 is 19.3 Å². The Balaban J connectivity index is 2.03. The number of unbranched alkanes of at least 4 members (excludes halogenated alkanes) is 1. The van der Waals surface area contributed by atoms with Gasteiger partial charge in [0, 0.05) is 12.1 Å². The van der Waals surface area contributed by atoms with Crippen LogP contribution in [0.3, 0.4) is 0 Å². The van der Waals surface area contributed by atoms with Crippen LogP contribution in [0.25, 0.3) is 22.0 Å². The van der Waals surface area contributed by atoms with E-state index in [2.05, 4.69) is 4.98 Å². The molecule has 5 heteroatoms. The molecule has 3 aromatic rings. The normalized spacial score (nSPS) is 10.9. The van der Waals surface area contributed by atoms with E-state index in [1.54, 1.807) is 7.11 Å². The van der Waals surface area contributed by atoms with Gasteiger partial charge in [-0.15, -0.1) is 0 Å². The number of carbonyl (C=O) groups excluding carboxylic acids is 1. The van der Waals surface area contributed by atoms with Crippen LogP contribution in [0.2, 0.25) is 0 Å². The summed E-state index contributed by atoms with van der Waals surface area (Å²) >= 11 is 0. The van der Waals surface area contributed by atoms with Crippen molar-refractivity contribution in [1.29, 1.82) is 0 Å². The first-order valence-electron chi connectivity index (χ1n) is 9.34. The molecule has 2 aromatic carbocycles. The van der Waals surface area contributed by atoms with Crippen LogP contribution in [0.15, 0.2) is 35.1 Å². The second-order valence-corrected chi connectivity index (χ2v) is 7.04. The van der Waals surface area contributed by atoms with Gasteiger partial charge in [-0.25, -0.2) is 0 Å². The molecular formula is C23H25NO4. The van der Waals surface area contributed by atoms with Crippen molar-refractivity contribution in [3.05, 3.63) is 57.4 Å². The minimum Gasteiger partial charge on any atom is -0.496 e. The van der Waals surface area contributed by atoms with Crippen LogP contribution in [-0.2, 0) is 4.79 Å². The molecular weight excluding hydrogens is 354 g/mol. The van der Waals surface area contributed by atoms with Crippen molar-refractivity contribution in [1.82, 2.24) is 4.98 Å². The molecule has 0 saturated heterocycles. The van der Waals surface area contributed by atoms with Gasteiger partial charge in [-0.2, -0.15) is 0 Å². The van der Waals surface area contributed by atoms with E-state index in [4.69, 9.17) is 9.47 Å².